The standard InChI is InChI=1S/C20H20N2O2/c1-12-9-13(2)11-14(10-12)21-17-18(22(3)4)20(24)16-8-6-5-7-15(16)19(17)23/h5-11,21H,1-4H3. The number of Topliss-reactive ketones (excluding diaryl/α,β-unsaturated/α-hetero) is 2. The van der Waals surface area contributed by atoms with Crippen LogP contribution in [0.2, 0.25) is 0 Å². The van der Waals surface area contributed by atoms with Crippen LogP contribution in [-0.2, 0) is 0 Å². The van der Waals surface area contributed by atoms with Crippen molar-refractivity contribution in [3.63, 3.8) is 0 Å². The summed E-state index contributed by atoms with van der Waals surface area (Å²) in [6, 6.07) is 12.9. The van der Waals surface area contributed by atoms with Gasteiger partial charge in [-0.3, -0.25) is 9.59 Å². The Hall–Kier alpha value is -2.88. The highest BCUT2D eigenvalue weighted by Crippen LogP contribution is 2.28. The number of fused-ring (bicyclic) bond motifs is 1. The van der Waals surface area contributed by atoms with E-state index >= 15 is 0 Å². The summed E-state index contributed by atoms with van der Waals surface area (Å²) < 4.78 is 0. The molecule has 0 unspecified atom stereocenters. The average Bonchev–Trinajstić information content (AvgIpc) is 2.51. The fourth-order valence-electron chi connectivity index (χ4n) is 3.10. The number of hydrogen-bond donors (Lipinski definition) is 1. The third-order valence-electron chi connectivity index (χ3n) is 4.03. The zero-order chi connectivity index (χ0) is 17.4. The van der Waals surface area contributed by atoms with E-state index in [-0.39, 0.29) is 11.6 Å². The molecule has 3 rings (SSSR count). The molecule has 0 saturated heterocycles. The molecule has 0 fully saturated rings. The Morgan fingerprint density at radius 1 is 0.833 bits per heavy atom. The molecule has 0 aromatic heterocycles. The van der Waals surface area contributed by atoms with Crippen LogP contribution in [0.1, 0.15) is 31.8 Å². The fraction of sp³-hybridized carbons (Fsp3) is 0.200. The van der Waals surface area contributed by atoms with E-state index in [1.54, 1.807) is 43.3 Å². The second kappa shape index (κ2) is 5.96. The van der Waals surface area contributed by atoms with Crippen LogP contribution in [0.15, 0.2) is 53.9 Å². The summed E-state index contributed by atoms with van der Waals surface area (Å²) in [7, 11) is 3.55. The molecule has 1 aliphatic rings. The largest absolute Gasteiger partial charge is 0.373 e. The fourth-order valence-corrected chi connectivity index (χ4v) is 3.10. The van der Waals surface area contributed by atoms with Gasteiger partial charge in [-0.2, -0.15) is 0 Å². The van der Waals surface area contributed by atoms with Crippen molar-refractivity contribution in [2.45, 2.75) is 13.8 Å². The molecule has 24 heavy (non-hydrogen) atoms. The van der Waals surface area contributed by atoms with E-state index in [0.717, 1.165) is 16.8 Å². The number of allylic oxidation sites excluding steroid dienone is 2. The van der Waals surface area contributed by atoms with Crippen LogP contribution in [0.25, 0.3) is 0 Å². The highest BCUT2D eigenvalue weighted by Gasteiger charge is 2.33. The molecule has 0 radical (unpaired) electrons. The zero-order valence-corrected chi connectivity index (χ0v) is 14.3. The van der Waals surface area contributed by atoms with Gasteiger partial charge in [-0.15, -0.1) is 0 Å². The Balaban J connectivity index is 2.13. The van der Waals surface area contributed by atoms with E-state index in [4.69, 9.17) is 0 Å². The van der Waals surface area contributed by atoms with E-state index in [9.17, 15) is 9.59 Å². The van der Waals surface area contributed by atoms with Crippen molar-refractivity contribution in [3.8, 4) is 0 Å². The molecule has 2 aromatic rings. The summed E-state index contributed by atoms with van der Waals surface area (Å²) in [6.07, 6.45) is 0. The molecule has 0 bridgehead atoms. The summed E-state index contributed by atoms with van der Waals surface area (Å²) in [6.45, 7) is 4.01. The van der Waals surface area contributed by atoms with Gasteiger partial charge in [0.1, 0.15) is 11.4 Å². The van der Waals surface area contributed by atoms with Crippen LogP contribution in [0.4, 0.5) is 5.69 Å². The molecule has 0 saturated carbocycles. The SMILES string of the molecule is Cc1cc(C)cc(NC2=C(N(C)C)C(=O)c3ccccc3C2=O)c1. The number of rotatable bonds is 3. The van der Waals surface area contributed by atoms with Crippen molar-refractivity contribution in [3.05, 3.63) is 76.1 Å². The molecule has 4 heteroatoms. The monoisotopic (exact) mass is 320 g/mol. The Kier molecular flexibility index (Phi) is 3.97. The normalized spacial score (nSPS) is 13.8. The molecular formula is C20H20N2O2. The lowest BCUT2D eigenvalue weighted by atomic mass is 9.89. The molecule has 2 aromatic carbocycles. The molecule has 1 aliphatic carbocycles. The van der Waals surface area contributed by atoms with Crippen molar-refractivity contribution in [1.29, 1.82) is 0 Å². The molecule has 0 atom stereocenters. The van der Waals surface area contributed by atoms with Gasteiger partial charge in [0.25, 0.3) is 0 Å². The first-order valence-corrected chi connectivity index (χ1v) is 7.84. The Morgan fingerprint density at radius 3 is 1.92 bits per heavy atom. The van der Waals surface area contributed by atoms with Gasteiger partial charge >= 0.3 is 0 Å². The van der Waals surface area contributed by atoms with Crippen LogP contribution in [-0.4, -0.2) is 30.6 Å². The summed E-state index contributed by atoms with van der Waals surface area (Å²) in [5, 5.41) is 3.18. The minimum atomic E-state index is -0.159. The van der Waals surface area contributed by atoms with Gasteiger partial charge in [0.05, 0.1) is 0 Å². The lowest BCUT2D eigenvalue weighted by molar-refractivity contribution is 0.0953. The number of benzene rings is 2. The van der Waals surface area contributed by atoms with E-state index in [1.165, 1.54) is 0 Å². The van der Waals surface area contributed by atoms with Crippen LogP contribution >= 0.6 is 0 Å². The van der Waals surface area contributed by atoms with E-state index in [0.29, 0.717) is 22.5 Å². The second-order valence-corrected chi connectivity index (χ2v) is 6.32. The van der Waals surface area contributed by atoms with Crippen LogP contribution in [0, 0.1) is 13.8 Å². The number of ketones is 2. The predicted molar refractivity (Wildman–Crippen MR) is 95.4 cm³/mol. The Morgan fingerprint density at radius 2 is 1.38 bits per heavy atom. The Labute approximate surface area is 141 Å². The first-order chi connectivity index (χ1) is 11.4. The van der Waals surface area contributed by atoms with Crippen molar-refractivity contribution >= 4 is 17.3 Å². The molecule has 0 aliphatic heterocycles. The number of aryl methyl sites for hydroxylation is 2. The van der Waals surface area contributed by atoms with Crippen LogP contribution < -0.4 is 5.32 Å². The minimum Gasteiger partial charge on any atom is -0.373 e. The quantitative estimate of drug-likeness (QED) is 0.939. The van der Waals surface area contributed by atoms with Crippen molar-refractivity contribution in [1.82, 2.24) is 4.90 Å². The topological polar surface area (TPSA) is 49.4 Å². The number of carbonyl (C=O) groups excluding carboxylic acids is 2. The number of carbonyl (C=O) groups is 2. The van der Waals surface area contributed by atoms with Gasteiger partial charge in [0.2, 0.25) is 11.6 Å². The third kappa shape index (κ3) is 2.71. The summed E-state index contributed by atoms with van der Waals surface area (Å²) >= 11 is 0. The Bertz CT molecular complexity index is 859. The van der Waals surface area contributed by atoms with Gasteiger partial charge in [-0.25, -0.2) is 0 Å². The van der Waals surface area contributed by atoms with E-state index in [1.807, 2.05) is 26.0 Å². The third-order valence-corrected chi connectivity index (χ3v) is 4.03. The van der Waals surface area contributed by atoms with Crippen LogP contribution in [0.5, 0.6) is 0 Å². The highest BCUT2D eigenvalue weighted by molar-refractivity contribution is 6.27. The molecule has 0 amide bonds. The molecule has 0 spiro atoms. The lowest BCUT2D eigenvalue weighted by Gasteiger charge is -2.26. The van der Waals surface area contributed by atoms with Crippen molar-refractivity contribution in [2.24, 2.45) is 0 Å². The number of nitrogens with one attached hydrogen (secondary N) is 1. The van der Waals surface area contributed by atoms with Crippen molar-refractivity contribution < 1.29 is 9.59 Å². The van der Waals surface area contributed by atoms with Crippen molar-refractivity contribution in [2.75, 3.05) is 19.4 Å². The molecule has 1 N–H and O–H groups in total. The number of nitrogens with zero attached hydrogens (tertiary/aromatic N) is 1. The first kappa shape index (κ1) is 16.0. The highest BCUT2D eigenvalue weighted by atomic mass is 16.1. The first-order valence-electron chi connectivity index (χ1n) is 7.84. The van der Waals surface area contributed by atoms with Gasteiger partial charge < -0.3 is 10.2 Å². The summed E-state index contributed by atoms with van der Waals surface area (Å²) in [5.74, 6) is -0.296. The van der Waals surface area contributed by atoms with E-state index in [2.05, 4.69) is 11.4 Å². The minimum absolute atomic E-state index is 0.137. The molecular weight excluding hydrogens is 300 g/mol. The number of anilines is 1. The summed E-state index contributed by atoms with van der Waals surface area (Å²) in [4.78, 5) is 27.5. The van der Waals surface area contributed by atoms with E-state index < -0.39 is 0 Å². The summed E-state index contributed by atoms with van der Waals surface area (Å²) in [5.41, 5.74) is 4.62. The average molecular weight is 320 g/mol. The number of hydrogen-bond acceptors (Lipinski definition) is 4. The maximum absolute atomic E-state index is 13.0. The maximum Gasteiger partial charge on any atom is 0.212 e. The lowest BCUT2D eigenvalue weighted by Crippen LogP contribution is -2.32. The second-order valence-electron chi connectivity index (χ2n) is 6.32. The van der Waals surface area contributed by atoms with Gasteiger partial charge in [-0.1, -0.05) is 30.3 Å². The maximum atomic E-state index is 13.0. The van der Waals surface area contributed by atoms with Gasteiger partial charge in [0.15, 0.2) is 0 Å². The molecule has 122 valence electrons. The molecule has 0 heterocycles. The predicted octanol–water partition coefficient (Wildman–Crippen LogP) is 3.57. The van der Waals surface area contributed by atoms with Gasteiger partial charge in [-0.05, 0) is 37.1 Å². The number of likely N-dealkylation sites (N-methyl/N-ethyl adjacent to an activating group) is 1. The van der Waals surface area contributed by atoms with Crippen LogP contribution in [0.3, 0.4) is 0 Å². The smallest absolute Gasteiger partial charge is 0.212 e. The zero-order valence-electron chi connectivity index (χ0n) is 14.3. The molecule has 4 nitrogen and oxygen atoms in total. The van der Waals surface area contributed by atoms with Gasteiger partial charge in [0, 0.05) is 30.9 Å².